The molecule has 1 saturated heterocycles. The minimum absolute atomic E-state index is 0.120. The summed E-state index contributed by atoms with van der Waals surface area (Å²) < 4.78 is 45.9. The van der Waals surface area contributed by atoms with Crippen LogP contribution in [0, 0.1) is 0 Å². The SMILES string of the molecule is Nc1ncc(-c2cn([C@@H]3O[C@H](CO)[C@@H](O)[C@H]3O)cn2)c(C(F)(F)F)n1. The third-order valence-corrected chi connectivity index (χ3v) is 3.76. The normalized spacial score (nSPS) is 27.0. The summed E-state index contributed by atoms with van der Waals surface area (Å²) in [5.41, 5.74) is 3.46. The highest BCUT2D eigenvalue weighted by atomic mass is 19.4. The van der Waals surface area contributed by atoms with Crippen molar-refractivity contribution in [2.45, 2.75) is 30.7 Å². The van der Waals surface area contributed by atoms with Crippen molar-refractivity contribution in [3.63, 3.8) is 0 Å². The Labute approximate surface area is 138 Å². The number of hydrogen-bond acceptors (Lipinski definition) is 8. The number of nitrogens with zero attached hydrogens (tertiary/aromatic N) is 4. The number of aliphatic hydroxyl groups excluding tert-OH is 3. The van der Waals surface area contributed by atoms with Crippen LogP contribution in [0.3, 0.4) is 0 Å². The van der Waals surface area contributed by atoms with Crippen molar-refractivity contribution in [2.75, 3.05) is 12.3 Å². The Bertz CT molecular complexity index is 768. The van der Waals surface area contributed by atoms with Crippen LogP contribution in [0.15, 0.2) is 18.7 Å². The molecule has 1 fully saturated rings. The number of rotatable bonds is 3. The van der Waals surface area contributed by atoms with E-state index >= 15 is 0 Å². The fraction of sp³-hybridized carbons (Fsp3) is 0.462. The van der Waals surface area contributed by atoms with Gasteiger partial charge in [-0.2, -0.15) is 13.2 Å². The average Bonchev–Trinajstić information content (AvgIpc) is 3.13. The monoisotopic (exact) mass is 361 g/mol. The van der Waals surface area contributed by atoms with Crippen molar-refractivity contribution in [1.82, 2.24) is 19.5 Å². The molecule has 1 aliphatic rings. The largest absolute Gasteiger partial charge is 0.434 e. The second-order valence-corrected chi connectivity index (χ2v) is 5.42. The number of alkyl halides is 3. The zero-order valence-electron chi connectivity index (χ0n) is 12.5. The summed E-state index contributed by atoms with van der Waals surface area (Å²) >= 11 is 0. The van der Waals surface area contributed by atoms with Crippen LogP contribution < -0.4 is 5.73 Å². The molecule has 2 aromatic rings. The van der Waals surface area contributed by atoms with Gasteiger partial charge in [0.2, 0.25) is 5.95 Å². The highest BCUT2D eigenvalue weighted by molar-refractivity contribution is 5.61. The predicted octanol–water partition coefficient (Wildman–Crippen LogP) is -0.447. The fourth-order valence-corrected chi connectivity index (χ4v) is 2.54. The van der Waals surface area contributed by atoms with E-state index in [0.717, 1.165) is 12.5 Å². The topological polar surface area (TPSA) is 140 Å². The van der Waals surface area contributed by atoms with Gasteiger partial charge in [-0.05, 0) is 0 Å². The second kappa shape index (κ2) is 6.22. The van der Waals surface area contributed by atoms with Crippen LogP contribution in [-0.2, 0) is 10.9 Å². The Hall–Kier alpha value is -2.28. The van der Waals surface area contributed by atoms with Crippen LogP contribution in [0.2, 0.25) is 0 Å². The van der Waals surface area contributed by atoms with Gasteiger partial charge in [-0.1, -0.05) is 0 Å². The number of imidazole rings is 1. The maximum Gasteiger partial charge on any atom is 0.434 e. The second-order valence-electron chi connectivity index (χ2n) is 5.42. The van der Waals surface area contributed by atoms with E-state index < -0.39 is 54.5 Å². The molecule has 12 heteroatoms. The first-order valence-electron chi connectivity index (χ1n) is 7.08. The Morgan fingerprint density at radius 1 is 1.24 bits per heavy atom. The van der Waals surface area contributed by atoms with Crippen LogP contribution in [-0.4, -0.2) is 59.8 Å². The molecule has 9 nitrogen and oxygen atoms in total. The molecule has 0 amide bonds. The number of halogens is 3. The van der Waals surface area contributed by atoms with Crippen molar-refractivity contribution in [2.24, 2.45) is 0 Å². The van der Waals surface area contributed by atoms with Crippen LogP contribution in [0.5, 0.6) is 0 Å². The third kappa shape index (κ3) is 3.16. The van der Waals surface area contributed by atoms with E-state index in [4.69, 9.17) is 15.6 Å². The Morgan fingerprint density at radius 2 is 1.96 bits per heavy atom. The summed E-state index contributed by atoms with van der Waals surface area (Å²) in [6.07, 6.45) is -6.41. The van der Waals surface area contributed by atoms with E-state index in [1.807, 2.05) is 0 Å². The quantitative estimate of drug-likeness (QED) is 0.577. The molecule has 3 rings (SSSR count). The molecule has 5 N–H and O–H groups in total. The summed E-state index contributed by atoms with van der Waals surface area (Å²) in [6.45, 7) is -0.527. The van der Waals surface area contributed by atoms with Crippen molar-refractivity contribution in [3.8, 4) is 11.3 Å². The van der Waals surface area contributed by atoms with E-state index in [-0.39, 0.29) is 5.69 Å². The fourth-order valence-electron chi connectivity index (χ4n) is 2.54. The Balaban J connectivity index is 1.96. The number of nitrogens with two attached hydrogens (primary N) is 1. The molecule has 0 aromatic carbocycles. The average molecular weight is 361 g/mol. The minimum atomic E-state index is -4.77. The summed E-state index contributed by atoms with van der Waals surface area (Å²) in [4.78, 5) is 10.6. The highest BCUT2D eigenvalue weighted by Crippen LogP contribution is 2.36. The number of hydrogen-bond donors (Lipinski definition) is 4. The lowest BCUT2D eigenvalue weighted by Gasteiger charge is -2.15. The molecule has 0 spiro atoms. The molecule has 1 aliphatic heterocycles. The van der Waals surface area contributed by atoms with Gasteiger partial charge in [-0.25, -0.2) is 15.0 Å². The van der Waals surface area contributed by atoms with Gasteiger partial charge in [0.05, 0.1) is 24.2 Å². The smallest absolute Gasteiger partial charge is 0.394 e. The van der Waals surface area contributed by atoms with Gasteiger partial charge < -0.3 is 30.4 Å². The molecule has 2 aromatic heterocycles. The number of anilines is 1. The van der Waals surface area contributed by atoms with Gasteiger partial charge in [0, 0.05) is 12.4 Å². The predicted molar refractivity (Wildman–Crippen MR) is 75.7 cm³/mol. The first kappa shape index (κ1) is 17.5. The Morgan fingerprint density at radius 3 is 2.56 bits per heavy atom. The molecule has 4 atom stereocenters. The zero-order valence-corrected chi connectivity index (χ0v) is 12.5. The van der Waals surface area contributed by atoms with Crippen LogP contribution in [0.25, 0.3) is 11.3 Å². The van der Waals surface area contributed by atoms with Crippen molar-refractivity contribution in [1.29, 1.82) is 0 Å². The molecule has 0 bridgehead atoms. The maximum absolute atomic E-state index is 13.1. The van der Waals surface area contributed by atoms with Gasteiger partial charge in [0.1, 0.15) is 18.3 Å². The van der Waals surface area contributed by atoms with Crippen LogP contribution in [0.1, 0.15) is 11.9 Å². The maximum atomic E-state index is 13.1. The van der Waals surface area contributed by atoms with Crippen molar-refractivity contribution in [3.05, 3.63) is 24.4 Å². The lowest BCUT2D eigenvalue weighted by molar-refractivity contribution is -0.140. The van der Waals surface area contributed by atoms with Crippen LogP contribution in [0.4, 0.5) is 19.1 Å². The number of aliphatic hydroxyl groups is 3. The van der Waals surface area contributed by atoms with E-state index in [0.29, 0.717) is 0 Å². The minimum Gasteiger partial charge on any atom is -0.394 e. The number of ether oxygens (including phenoxy) is 1. The van der Waals surface area contributed by atoms with Crippen LogP contribution >= 0.6 is 0 Å². The lowest BCUT2D eigenvalue weighted by Crippen LogP contribution is -2.33. The molecule has 136 valence electrons. The number of aromatic nitrogens is 4. The van der Waals surface area contributed by atoms with E-state index in [2.05, 4.69) is 15.0 Å². The van der Waals surface area contributed by atoms with E-state index in [1.54, 1.807) is 0 Å². The highest BCUT2D eigenvalue weighted by Gasteiger charge is 2.43. The number of nitrogen functional groups attached to an aromatic ring is 1. The summed E-state index contributed by atoms with van der Waals surface area (Å²) in [6, 6.07) is 0. The van der Waals surface area contributed by atoms with Gasteiger partial charge in [0.15, 0.2) is 11.9 Å². The van der Waals surface area contributed by atoms with Gasteiger partial charge in [0.25, 0.3) is 0 Å². The first-order chi connectivity index (χ1) is 11.7. The third-order valence-electron chi connectivity index (χ3n) is 3.76. The van der Waals surface area contributed by atoms with Gasteiger partial charge in [-0.15, -0.1) is 0 Å². The zero-order chi connectivity index (χ0) is 18.4. The Kier molecular flexibility index (Phi) is 4.36. The van der Waals surface area contributed by atoms with Crippen molar-refractivity contribution < 1.29 is 33.2 Å². The standard InChI is InChI=1S/C13H14F3N5O4/c14-13(15,16)10-5(1-18-12(17)20-10)6-2-21(4-19-6)11-9(24)8(23)7(3-22)25-11/h1-2,4,7-9,11,22-24H,3H2,(H2,17,18,20)/t7-,8-,9-,11-/m1/s1. The van der Waals surface area contributed by atoms with E-state index in [1.165, 1.54) is 10.8 Å². The molecular weight excluding hydrogens is 347 g/mol. The molecule has 0 radical (unpaired) electrons. The molecule has 0 aliphatic carbocycles. The van der Waals surface area contributed by atoms with Gasteiger partial charge >= 0.3 is 6.18 Å². The van der Waals surface area contributed by atoms with Crippen molar-refractivity contribution >= 4 is 5.95 Å². The van der Waals surface area contributed by atoms with Gasteiger partial charge in [-0.3, -0.25) is 0 Å². The summed E-state index contributed by atoms with van der Waals surface area (Å²) in [7, 11) is 0. The summed E-state index contributed by atoms with van der Waals surface area (Å²) in [5, 5.41) is 28.8. The first-order valence-corrected chi connectivity index (χ1v) is 7.08. The summed E-state index contributed by atoms with van der Waals surface area (Å²) in [5.74, 6) is -0.529. The van der Waals surface area contributed by atoms with E-state index in [9.17, 15) is 23.4 Å². The molecule has 3 heterocycles. The lowest BCUT2D eigenvalue weighted by atomic mass is 10.1. The molecule has 0 unspecified atom stereocenters. The molecule has 0 saturated carbocycles. The molecule has 25 heavy (non-hydrogen) atoms. The molecular formula is C13H14F3N5O4.